The first-order valence-electron chi connectivity index (χ1n) is 38.7. The second-order valence-corrected chi connectivity index (χ2v) is 29.7. The Kier molecular flexibility index (Phi) is 15.6. The third-order valence-electron chi connectivity index (χ3n) is 23.4. The van der Waals surface area contributed by atoms with Crippen LogP contribution in [0.1, 0.15) is 55.6 Å². The molecule has 0 atom stereocenters. The van der Waals surface area contributed by atoms with E-state index in [2.05, 4.69) is 279 Å². The Morgan fingerprint density at radius 1 is 0.181 bits per heavy atom. The third kappa shape index (κ3) is 10.6. The van der Waals surface area contributed by atoms with E-state index in [9.17, 15) is 10.5 Å². The maximum atomic E-state index is 10.8. The van der Waals surface area contributed by atoms with Gasteiger partial charge in [0.25, 0.3) is 0 Å². The predicted octanol–water partition coefficient (Wildman–Crippen LogP) is 25.1. The molecular weight excluding hydrogens is 1420 g/mol. The number of hydrogen-bond acceptors (Lipinski definition) is 10. The topological polar surface area (TPSA) is 143 Å². The van der Waals surface area contributed by atoms with E-state index in [-0.39, 0.29) is 0 Å². The number of rotatable bonds is 11. The van der Waals surface area contributed by atoms with Gasteiger partial charge in [0.15, 0.2) is 34.9 Å². The Bertz CT molecular complexity index is 7110. The highest BCUT2D eigenvalue weighted by Gasteiger charge is 2.54. The van der Waals surface area contributed by atoms with Crippen LogP contribution in [0.5, 0.6) is 23.0 Å². The van der Waals surface area contributed by atoms with E-state index in [0.717, 1.165) is 150 Å². The van der Waals surface area contributed by atoms with Crippen molar-refractivity contribution in [2.75, 3.05) is 0 Å². The molecule has 116 heavy (non-hydrogen) atoms. The molecule has 0 radical (unpaired) electrons. The van der Waals surface area contributed by atoms with E-state index in [1.54, 1.807) is 0 Å². The van der Waals surface area contributed by atoms with Crippen LogP contribution in [-0.2, 0) is 10.8 Å². The van der Waals surface area contributed by atoms with E-state index in [1.165, 1.54) is 11.1 Å². The van der Waals surface area contributed by atoms with E-state index in [1.807, 2.05) is 109 Å². The Balaban J connectivity index is 0.621. The summed E-state index contributed by atoms with van der Waals surface area (Å²) in [7, 11) is 0. The molecule has 0 amide bonds. The minimum atomic E-state index is -0.775. The summed E-state index contributed by atoms with van der Waals surface area (Å²) >= 11 is 0. The summed E-state index contributed by atoms with van der Waals surface area (Å²) in [4.78, 5) is 31.8. The van der Waals surface area contributed by atoms with Crippen LogP contribution in [0.2, 0.25) is 0 Å². The van der Waals surface area contributed by atoms with Crippen molar-refractivity contribution >= 4 is 0 Å². The van der Waals surface area contributed by atoms with Gasteiger partial charge in [-0.25, -0.2) is 29.9 Å². The summed E-state index contributed by atoms with van der Waals surface area (Å²) in [6.45, 7) is 0. The van der Waals surface area contributed by atoms with Gasteiger partial charge in [0, 0.05) is 66.8 Å². The average molecular weight is 1480 g/mol. The molecule has 18 aromatic rings. The number of nitriles is 2. The van der Waals surface area contributed by atoms with Crippen molar-refractivity contribution in [2.45, 2.75) is 10.8 Å². The predicted molar refractivity (Wildman–Crippen MR) is 457 cm³/mol. The SMILES string of the molecule is N#Cc1cccc2c1Oc1c(-c3cccc(-c4cccc(-c5nc(-c6ccccc6)nc(-c6cccc(-c7cccc(-c8nc(-c9ccc(-c%10ccccc%10)cc9)nc(-c9cccc(-c%10cccc%11c%10Oc%10c(C#N)cccc%10C%11%10c%11ccccc%11-c%11ccccc%11%10)c9)n8)c7)c6)n5)c4)c3)cccc1C21c2ccccc2-c2ccccc21. The van der Waals surface area contributed by atoms with Gasteiger partial charge in [-0.3, -0.25) is 0 Å². The second-order valence-electron chi connectivity index (χ2n) is 29.7. The summed E-state index contributed by atoms with van der Waals surface area (Å²) in [6, 6.07) is 135. The molecule has 0 saturated heterocycles. The van der Waals surface area contributed by atoms with Crippen LogP contribution in [-0.4, -0.2) is 29.9 Å². The molecule has 2 aromatic heterocycles. The maximum absolute atomic E-state index is 10.8. The molecule has 0 fully saturated rings. The van der Waals surface area contributed by atoms with Crippen molar-refractivity contribution in [2.24, 2.45) is 0 Å². The lowest BCUT2D eigenvalue weighted by Gasteiger charge is -2.40. The summed E-state index contributed by atoms with van der Waals surface area (Å²) in [6.07, 6.45) is 0. The number of benzene rings is 16. The largest absolute Gasteiger partial charge is 0.455 e. The highest BCUT2D eigenvalue weighted by molar-refractivity contribution is 5.94. The lowest BCUT2D eigenvalue weighted by Crippen LogP contribution is -2.32. The molecule has 2 spiro atoms. The van der Waals surface area contributed by atoms with Crippen molar-refractivity contribution in [1.29, 1.82) is 10.5 Å². The van der Waals surface area contributed by atoms with Gasteiger partial charge in [-0.1, -0.05) is 334 Å². The Morgan fingerprint density at radius 2 is 0.405 bits per heavy atom. The zero-order valence-electron chi connectivity index (χ0n) is 62.2. The maximum Gasteiger partial charge on any atom is 0.164 e. The second kappa shape index (κ2) is 27.0. The number of para-hydroxylation sites is 4. The molecule has 0 bridgehead atoms. The third-order valence-corrected chi connectivity index (χ3v) is 23.4. The van der Waals surface area contributed by atoms with E-state index < -0.39 is 10.8 Å². The number of aromatic nitrogens is 6. The Morgan fingerprint density at radius 3 is 0.767 bits per heavy atom. The van der Waals surface area contributed by atoms with Crippen molar-refractivity contribution in [3.63, 3.8) is 0 Å². The summed E-state index contributed by atoms with van der Waals surface area (Å²) in [5.74, 6) is 5.59. The van der Waals surface area contributed by atoms with Crippen molar-refractivity contribution in [3.8, 4) is 181 Å². The first kappa shape index (κ1) is 67.1. The van der Waals surface area contributed by atoms with Gasteiger partial charge in [-0.15, -0.1) is 0 Å². The molecule has 16 aromatic carbocycles. The molecule has 0 N–H and O–H groups in total. The monoisotopic (exact) mass is 1480 g/mol. The zero-order chi connectivity index (χ0) is 77.0. The molecule has 4 aliphatic rings. The fraction of sp³-hybridized carbons (Fsp3) is 0.0189. The van der Waals surface area contributed by atoms with Crippen molar-refractivity contribution < 1.29 is 9.47 Å². The molecular formula is C106H62N8O2. The minimum Gasteiger partial charge on any atom is -0.455 e. The molecule has 0 saturated carbocycles. The molecule has 10 nitrogen and oxygen atoms in total. The Labute approximate surface area is 669 Å². The molecule has 10 heteroatoms. The van der Waals surface area contributed by atoms with Crippen molar-refractivity contribution in [1.82, 2.24) is 29.9 Å². The molecule has 4 heterocycles. The van der Waals surface area contributed by atoms with E-state index >= 15 is 0 Å². The van der Waals surface area contributed by atoms with Gasteiger partial charge in [0.1, 0.15) is 35.1 Å². The highest BCUT2D eigenvalue weighted by Crippen LogP contribution is 2.66. The summed E-state index contributed by atoms with van der Waals surface area (Å²) < 4.78 is 14.3. The number of fused-ring (bicyclic) bond motifs is 18. The van der Waals surface area contributed by atoms with Gasteiger partial charge in [0.05, 0.1) is 22.0 Å². The van der Waals surface area contributed by atoms with Gasteiger partial charge >= 0.3 is 0 Å². The van der Waals surface area contributed by atoms with Gasteiger partial charge in [0.2, 0.25) is 0 Å². The first-order chi connectivity index (χ1) is 57.4. The van der Waals surface area contributed by atoms with Gasteiger partial charge < -0.3 is 9.47 Å². The quantitative estimate of drug-likeness (QED) is 0.123. The standard InChI is InChI=1S/C106H62N8O2/c107-63-79-38-20-50-91-95(79)115-97-81(44-22-52-93(97)105(91)87-46-11-7-40-83(87)84-41-8-12-47-88(84)105)73-32-15-28-69(58-73)70-29-16-34-75(59-70)101-109-99(67-26-5-2-6-27-67)110-102(113-101)76-35-17-30-71(60-76)72-31-18-36-77(61-72)103-111-100(68-56-54-66(55-57-68)65-24-3-1-4-25-65)112-104(114-103)78-37-19-33-74(62-78)82-45-23-53-94-98(82)116-96-80(64-108)39-21-51-92(96)106(94)89-48-13-9-42-85(89)86-43-10-14-49-90(86)106/h1-62H. The first-order valence-corrected chi connectivity index (χ1v) is 38.7. The van der Waals surface area contributed by atoms with Crippen LogP contribution >= 0.6 is 0 Å². The van der Waals surface area contributed by atoms with Gasteiger partial charge in [-0.05, 0) is 131 Å². The summed E-state index contributed by atoms with van der Waals surface area (Å²) in [5, 5.41) is 21.5. The van der Waals surface area contributed by atoms with E-state index in [0.29, 0.717) is 63.3 Å². The van der Waals surface area contributed by atoms with Crippen molar-refractivity contribution in [3.05, 3.63) is 432 Å². The normalized spacial score (nSPS) is 12.9. The lowest BCUT2D eigenvalue weighted by atomic mass is 9.65. The fourth-order valence-corrected chi connectivity index (χ4v) is 18.3. The molecule has 0 unspecified atom stereocenters. The van der Waals surface area contributed by atoms with Crippen LogP contribution in [0, 0.1) is 22.7 Å². The zero-order valence-corrected chi connectivity index (χ0v) is 62.2. The van der Waals surface area contributed by atoms with E-state index in [4.69, 9.17) is 39.4 Å². The fourth-order valence-electron chi connectivity index (χ4n) is 18.3. The minimum absolute atomic E-state index is 0.464. The molecule has 2 aliphatic carbocycles. The van der Waals surface area contributed by atoms with Crippen LogP contribution in [0.4, 0.5) is 0 Å². The molecule has 2 aliphatic heterocycles. The average Bonchev–Trinajstić information content (AvgIpc) is 1.49. The van der Waals surface area contributed by atoms with Gasteiger partial charge in [-0.2, -0.15) is 10.5 Å². The number of ether oxygens (including phenoxy) is 2. The van der Waals surface area contributed by atoms with Crippen LogP contribution in [0.15, 0.2) is 376 Å². The number of nitrogens with zero attached hydrogens (tertiary/aromatic N) is 8. The van der Waals surface area contributed by atoms with Crippen LogP contribution in [0.3, 0.4) is 0 Å². The molecule has 22 rings (SSSR count). The molecule has 538 valence electrons. The smallest absolute Gasteiger partial charge is 0.164 e. The summed E-state index contributed by atoms with van der Waals surface area (Å²) in [5.41, 5.74) is 27.1. The van der Waals surface area contributed by atoms with Crippen LogP contribution in [0.25, 0.3) is 146 Å². The number of hydrogen-bond donors (Lipinski definition) is 0. The van der Waals surface area contributed by atoms with Crippen LogP contribution < -0.4 is 9.47 Å². The lowest BCUT2D eigenvalue weighted by molar-refractivity contribution is 0.436. The Hall–Kier alpha value is -15.9. The highest BCUT2D eigenvalue weighted by atomic mass is 16.5.